The van der Waals surface area contributed by atoms with Crippen molar-refractivity contribution in [3.63, 3.8) is 0 Å². The third kappa shape index (κ3) is 2.53. The second-order valence-corrected chi connectivity index (χ2v) is 4.33. The SMILES string of the molecule is Cc1ccc(CNC(=O)c2ccc(N)cc2)n1C. The average molecular weight is 243 g/mol. The van der Waals surface area contributed by atoms with Gasteiger partial charge in [0.15, 0.2) is 0 Å². The Labute approximate surface area is 106 Å². The smallest absolute Gasteiger partial charge is 0.251 e. The lowest BCUT2D eigenvalue weighted by molar-refractivity contribution is 0.0950. The van der Waals surface area contributed by atoms with Gasteiger partial charge in [-0.05, 0) is 43.3 Å². The molecule has 0 bridgehead atoms. The first-order valence-electron chi connectivity index (χ1n) is 5.83. The molecule has 2 aromatic rings. The van der Waals surface area contributed by atoms with E-state index in [1.807, 2.05) is 26.1 Å². The van der Waals surface area contributed by atoms with Crippen molar-refractivity contribution in [3.8, 4) is 0 Å². The lowest BCUT2D eigenvalue weighted by atomic mass is 10.2. The first-order chi connectivity index (χ1) is 8.58. The maximum atomic E-state index is 11.9. The number of nitrogens with one attached hydrogen (secondary N) is 1. The molecule has 0 atom stereocenters. The molecule has 0 unspecified atom stereocenters. The fourth-order valence-electron chi connectivity index (χ4n) is 1.75. The molecule has 94 valence electrons. The monoisotopic (exact) mass is 243 g/mol. The third-order valence-corrected chi connectivity index (χ3v) is 3.08. The van der Waals surface area contributed by atoms with Crippen molar-refractivity contribution in [2.45, 2.75) is 13.5 Å². The Morgan fingerprint density at radius 2 is 1.89 bits per heavy atom. The Balaban J connectivity index is 2.00. The van der Waals surface area contributed by atoms with Crippen molar-refractivity contribution in [1.29, 1.82) is 0 Å². The molecule has 2 rings (SSSR count). The van der Waals surface area contributed by atoms with Gasteiger partial charge in [0, 0.05) is 29.7 Å². The van der Waals surface area contributed by atoms with Crippen LogP contribution < -0.4 is 11.1 Å². The van der Waals surface area contributed by atoms with E-state index in [1.165, 1.54) is 5.69 Å². The Bertz CT molecular complexity index is 555. The molecular formula is C14H17N3O. The van der Waals surface area contributed by atoms with Crippen LogP contribution in [-0.4, -0.2) is 10.5 Å². The maximum absolute atomic E-state index is 11.9. The lowest BCUT2D eigenvalue weighted by Gasteiger charge is -2.07. The van der Waals surface area contributed by atoms with Gasteiger partial charge in [-0.1, -0.05) is 0 Å². The van der Waals surface area contributed by atoms with Gasteiger partial charge >= 0.3 is 0 Å². The zero-order valence-corrected chi connectivity index (χ0v) is 10.6. The van der Waals surface area contributed by atoms with Crippen LogP contribution in [0, 0.1) is 6.92 Å². The molecule has 0 radical (unpaired) electrons. The Hall–Kier alpha value is -2.23. The Morgan fingerprint density at radius 1 is 1.22 bits per heavy atom. The number of aromatic nitrogens is 1. The van der Waals surface area contributed by atoms with Gasteiger partial charge in [0.2, 0.25) is 0 Å². The molecule has 0 aliphatic carbocycles. The summed E-state index contributed by atoms with van der Waals surface area (Å²) < 4.78 is 2.06. The standard InChI is InChI=1S/C14H17N3O/c1-10-3-8-13(17(10)2)9-16-14(18)11-4-6-12(15)7-5-11/h3-8H,9,15H2,1-2H3,(H,16,18). The topological polar surface area (TPSA) is 60.1 Å². The zero-order chi connectivity index (χ0) is 13.1. The summed E-state index contributed by atoms with van der Waals surface area (Å²) in [6, 6.07) is 10.9. The van der Waals surface area contributed by atoms with Gasteiger partial charge in [-0.2, -0.15) is 0 Å². The Morgan fingerprint density at radius 3 is 2.44 bits per heavy atom. The molecule has 0 aliphatic rings. The molecule has 1 heterocycles. The van der Waals surface area contributed by atoms with Gasteiger partial charge in [0.1, 0.15) is 0 Å². The zero-order valence-electron chi connectivity index (χ0n) is 10.6. The minimum atomic E-state index is -0.0890. The number of nitrogens with two attached hydrogens (primary N) is 1. The van der Waals surface area contributed by atoms with Crippen molar-refractivity contribution < 1.29 is 4.79 Å². The number of carbonyl (C=O) groups excluding carboxylic acids is 1. The van der Waals surface area contributed by atoms with Crippen molar-refractivity contribution in [1.82, 2.24) is 9.88 Å². The first kappa shape index (κ1) is 12.2. The van der Waals surface area contributed by atoms with Crippen molar-refractivity contribution in [2.24, 2.45) is 7.05 Å². The van der Waals surface area contributed by atoms with E-state index < -0.39 is 0 Å². The normalized spacial score (nSPS) is 10.3. The van der Waals surface area contributed by atoms with Crippen molar-refractivity contribution >= 4 is 11.6 Å². The van der Waals surface area contributed by atoms with Crippen LogP contribution in [-0.2, 0) is 13.6 Å². The highest BCUT2D eigenvalue weighted by molar-refractivity contribution is 5.94. The second-order valence-electron chi connectivity index (χ2n) is 4.33. The number of benzene rings is 1. The second kappa shape index (κ2) is 4.96. The number of anilines is 1. The highest BCUT2D eigenvalue weighted by Crippen LogP contribution is 2.07. The van der Waals surface area contributed by atoms with Crippen molar-refractivity contribution in [2.75, 3.05) is 5.73 Å². The quantitative estimate of drug-likeness (QED) is 0.808. The third-order valence-electron chi connectivity index (χ3n) is 3.08. The first-order valence-corrected chi connectivity index (χ1v) is 5.83. The van der Waals surface area contributed by atoms with Crippen LogP contribution in [0.4, 0.5) is 5.69 Å². The maximum Gasteiger partial charge on any atom is 0.251 e. The molecule has 18 heavy (non-hydrogen) atoms. The lowest BCUT2D eigenvalue weighted by Crippen LogP contribution is -2.23. The summed E-state index contributed by atoms with van der Waals surface area (Å²) in [5.41, 5.74) is 9.11. The van der Waals surface area contributed by atoms with Crippen LogP contribution in [0.15, 0.2) is 36.4 Å². The van der Waals surface area contributed by atoms with Gasteiger partial charge < -0.3 is 15.6 Å². The van der Waals surface area contributed by atoms with Crippen LogP contribution in [0.25, 0.3) is 0 Å². The number of rotatable bonds is 3. The summed E-state index contributed by atoms with van der Waals surface area (Å²) in [5.74, 6) is -0.0890. The van der Waals surface area contributed by atoms with Crippen LogP contribution in [0.2, 0.25) is 0 Å². The van der Waals surface area contributed by atoms with E-state index >= 15 is 0 Å². The van der Waals surface area contributed by atoms with E-state index in [1.54, 1.807) is 24.3 Å². The molecule has 1 amide bonds. The molecule has 3 N–H and O–H groups in total. The summed E-state index contributed by atoms with van der Waals surface area (Å²) in [7, 11) is 1.99. The number of hydrogen-bond acceptors (Lipinski definition) is 2. The van der Waals surface area contributed by atoms with E-state index in [2.05, 4.69) is 9.88 Å². The minimum Gasteiger partial charge on any atom is -0.399 e. The van der Waals surface area contributed by atoms with Crippen molar-refractivity contribution in [3.05, 3.63) is 53.3 Å². The van der Waals surface area contributed by atoms with Gasteiger partial charge in [-0.25, -0.2) is 0 Å². The molecule has 0 fully saturated rings. The number of aryl methyl sites for hydroxylation is 1. The van der Waals surface area contributed by atoms with E-state index in [0.29, 0.717) is 17.8 Å². The van der Waals surface area contributed by atoms with Gasteiger partial charge in [0.05, 0.1) is 6.54 Å². The number of amides is 1. The highest BCUT2D eigenvalue weighted by atomic mass is 16.1. The number of nitrogen functional groups attached to an aromatic ring is 1. The van der Waals surface area contributed by atoms with Crippen LogP contribution in [0.1, 0.15) is 21.7 Å². The molecule has 4 nitrogen and oxygen atoms in total. The molecule has 0 spiro atoms. The molecule has 0 saturated carbocycles. The summed E-state index contributed by atoms with van der Waals surface area (Å²) >= 11 is 0. The fraction of sp³-hybridized carbons (Fsp3) is 0.214. The van der Waals surface area contributed by atoms with E-state index in [4.69, 9.17) is 5.73 Å². The molecule has 1 aromatic heterocycles. The molecule has 0 saturated heterocycles. The van der Waals surface area contributed by atoms with Crippen LogP contribution >= 0.6 is 0 Å². The molecule has 4 heteroatoms. The van der Waals surface area contributed by atoms with E-state index in [-0.39, 0.29) is 5.91 Å². The predicted octanol–water partition coefficient (Wildman–Crippen LogP) is 1.85. The Kier molecular flexibility index (Phi) is 3.37. The summed E-state index contributed by atoms with van der Waals surface area (Å²) in [4.78, 5) is 11.9. The summed E-state index contributed by atoms with van der Waals surface area (Å²) in [6.07, 6.45) is 0. The summed E-state index contributed by atoms with van der Waals surface area (Å²) in [6.45, 7) is 2.55. The van der Waals surface area contributed by atoms with Gasteiger partial charge in [-0.15, -0.1) is 0 Å². The highest BCUT2D eigenvalue weighted by Gasteiger charge is 2.06. The van der Waals surface area contributed by atoms with E-state index in [0.717, 1.165) is 5.69 Å². The van der Waals surface area contributed by atoms with Gasteiger partial charge in [0.25, 0.3) is 5.91 Å². The summed E-state index contributed by atoms with van der Waals surface area (Å²) in [5, 5.41) is 2.89. The largest absolute Gasteiger partial charge is 0.399 e. The average Bonchev–Trinajstić information content (AvgIpc) is 2.68. The minimum absolute atomic E-state index is 0.0890. The fourth-order valence-corrected chi connectivity index (χ4v) is 1.75. The molecule has 0 aliphatic heterocycles. The number of hydrogen-bond donors (Lipinski definition) is 2. The molecular weight excluding hydrogens is 226 g/mol. The molecule has 1 aromatic carbocycles. The van der Waals surface area contributed by atoms with E-state index in [9.17, 15) is 4.79 Å². The predicted molar refractivity (Wildman–Crippen MR) is 72.2 cm³/mol. The van der Waals surface area contributed by atoms with Gasteiger partial charge in [-0.3, -0.25) is 4.79 Å². The van der Waals surface area contributed by atoms with Crippen LogP contribution in [0.5, 0.6) is 0 Å². The van der Waals surface area contributed by atoms with Crippen LogP contribution in [0.3, 0.4) is 0 Å². The number of nitrogens with zero attached hydrogens (tertiary/aromatic N) is 1. The number of carbonyl (C=O) groups is 1.